The molecule has 2 rings (SSSR count). The Kier molecular flexibility index (Phi) is 3.88. The Morgan fingerprint density at radius 1 is 1.50 bits per heavy atom. The molecular weight excluding hydrogens is 242 g/mol. The molecule has 5 heteroatoms. The van der Waals surface area contributed by atoms with Crippen molar-refractivity contribution >= 4 is 22.9 Å². The molecule has 0 aromatic carbocycles. The van der Waals surface area contributed by atoms with Crippen molar-refractivity contribution in [2.75, 3.05) is 0 Å². The molecule has 1 atom stereocenters. The Bertz CT molecular complexity index is 444. The largest absolute Gasteiger partial charge is 0.304 e. The van der Waals surface area contributed by atoms with Crippen molar-refractivity contribution in [3.05, 3.63) is 45.6 Å². The summed E-state index contributed by atoms with van der Waals surface area (Å²) in [4.78, 5) is 8.28. The second-order valence-electron chi connectivity index (χ2n) is 3.45. The van der Waals surface area contributed by atoms with E-state index in [9.17, 15) is 0 Å². The van der Waals surface area contributed by atoms with Gasteiger partial charge in [0, 0.05) is 25.0 Å². The van der Waals surface area contributed by atoms with Crippen molar-refractivity contribution in [3.63, 3.8) is 0 Å². The summed E-state index contributed by atoms with van der Waals surface area (Å²) in [7, 11) is 0. The van der Waals surface area contributed by atoms with E-state index in [2.05, 4.69) is 28.3 Å². The Hall–Kier alpha value is -0.970. The first kappa shape index (κ1) is 11.5. The van der Waals surface area contributed by atoms with Crippen molar-refractivity contribution < 1.29 is 0 Å². The lowest BCUT2D eigenvalue weighted by Crippen LogP contribution is -2.17. The van der Waals surface area contributed by atoms with E-state index in [1.807, 2.05) is 12.3 Å². The maximum atomic E-state index is 5.81. The van der Waals surface area contributed by atoms with Crippen LogP contribution in [0.15, 0.2) is 30.7 Å². The van der Waals surface area contributed by atoms with Gasteiger partial charge in [0.1, 0.15) is 9.34 Å². The summed E-state index contributed by atoms with van der Waals surface area (Å²) in [5, 5.41) is 4.38. The number of hydrogen-bond acceptors (Lipinski definition) is 4. The topological polar surface area (TPSA) is 37.8 Å². The van der Waals surface area contributed by atoms with E-state index >= 15 is 0 Å². The van der Waals surface area contributed by atoms with Crippen LogP contribution in [0.25, 0.3) is 0 Å². The van der Waals surface area contributed by atoms with Gasteiger partial charge in [0.15, 0.2) is 0 Å². The van der Waals surface area contributed by atoms with Crippen LogP contribution in [0, 0.1) is 0 Å². The van der Waals surface area contributed by atoms with Crippen LogP contribution in [0.5, 0.6) is 0 Å². The summed E-state index contributed by atoms with van der Waals surface area (Å²) in [5.41, 5.74) is 1.17. The third-order valence-corrected chi connectivity index (χ3v) is 3.38. The minimum absolute atomic E-state index is 0.261. The second-order valence-corrected chi connectivity index (χ2v) is 5.19. The van der Waals surface area contributed by atoms with Crippen LogP contribution in [0.1, 0.15) is 23.5 Å². The Labute approximate surface area is 104 Å². The first-order chi connectivity index (χ1) is 7.75. The Morgan fingerprint density at radius 3 is 3.00 bits per heavy atom. The SMILES string of the molecule is CC(NCc1ncc(Cl)s1)c1cccnc1. The molecule has 2 aromatic rings. The third kappa shape index (κ3) is 3.01. The maximum absolute atomic E-state index is 5.81. The van der Waals surface area contributed by atoms with E-state index in [4.69, 9.17) is 11.6 Å². The number of rotatable bonds is 4. The standard InChI is InChI=1S/C11H12ClN3S/c1-8(9-3-2-4-13-5-9)14-7-11-15-6-10(12)16-11/h2-6,8,14H,7H2,1H3. The molecule has 0 aliphatic heterocycles. The van der Waals surface area contributed by atoms with Gasteiger partial charge in [0.2, 0.25) is 0 Å². The lowest BCUT2D eigenvalue weighted by Gasteiger charge is -2.12. The molecule has 0 aliphatic carbocycles. The number of nitrogens with one attached hydrogen (secondary N) is 1. The molecule has 0 spiro atoms. The molecule has 0 bridgehead atoms. The fourth-order valence-electron chi connectivity index (χ4n) is 1.36. The number of aromatic nitrogens is 2. The number of nitrogens with zero attached hydrogens (tertiary/aromatic N) is 2. The molecule has 2 heterocycles. The summed E-state index contributed by atoms with van der Waals surface area (Å²) in [5.74, 6) is 0. The molecule has 0 saturated heterocycles. The molecule has 2 aromatic heterocycles. The van der Waals surface area contributed by atoms with Crippen LogP contribution >= 0.6 is 22.9 Å². The fourth-order valence-corrected chi connectivity index (χ4v) is 2.27. The highest BCUT2D eigenvalue weighted by Gasteiger charge is 2.06. The van der Waals surface area contributed by atoms with Crippen LogP contribution in [0.2, 0.25) is 4.34 Å². The van der Waals surface area contributed by atoms with Gasteiger partial charge in [-0.1, -0.05) is 17.7 Å². The van der Waals surface area contributed by atoms with E-state index in [0.29, 0.717) is 0 Å². The lowest BCUT2D eigenvalue weighted by atomic mass is 10.1. The van der Waals surface area contributed by atoms with Crippen LogP contribution in [-0.4, -0.2) is 9.97 Å². The molecule has 84 valence electrons. The van der Waals surface area contributed by atoms with Crippen molar-refractivity contribution in [3.8, 4) is 0 Å². The highest BCUT2D eigenvalue weighted by atomic mass is 35.5. The van der Waals surface area contributed by atoms with Crippen LogP contribution < -0.4 is 5.32 Å². The van der Waals surface area contributed by atoms with Crippen molar-refractivity contribution in [1.82, 2.24) is 15.3 Å². The van der Waals surface area contributed by atoms with Gasteiger partial charge in [-0.05, 0) is 18.6 Å². The average molecular weight is 254 g/mol. The molecular formula is C11H12ClN3S. The molecule has 1 unspecified atom stereocenters. The Balaban J connectivity index is 1.91. The first-order valence-corrected chi connectivity index (χ1v) is 6.18. The molecule has 1 N–H and O–H groups in total. The summed E-state index contributed by atoms with van der Waals surface area (Å²) in [6.45, 7) is 2.83. The molecule has 0 amide bonds. The molecule has 0 radical (unpaired) electrons. The van der Waals surface area contributed by atoms with E-state index < -0.39 is 0 Å². The molecule has 3 nitrogen and oxygen atoms in total. The number of hydrogen-bond donors (Lipinski definition) is 1. The van der Waals surface area contributed by atoms with Gasteiger partial charge in [-0.25, -0.2) is 4.98 Å². The van der Waals surface area contributed by atoms with Gasteiger partial charge in [-0.3, -0.25) is 4.98 Å². The fraction of sp³-hybridized carbons (Fsp3) is 0.273. The molecule has 0 aliphatic rings. The van der Waals surface area contributed by atoms with Crippen LogP contribution in [0.4, 0.5) is 0 Å². The van der Waals surface area contributed by atoms with Crippen molar-refractivity contribution in [2.45, 2.75) is 19.5 Å². The average Bonchev–Trinajstić information content (AvgIpc) is 2.73. The zero-order valence-electron chi connectivity index (χ0n) is 8.85. The highest BCUT2D eigenvalue weighted by molar-refractivity contribution is 7.15. The number of pyridine rings is 1. The highest BCUT2D eigenvalue weighted by Crippen LogP contribution is 2.19. The summed E-state index contributed by atoms with van der Waals surface area (Å²) in [6, 6.07) is 4.25. The van der Waals surface area contributed by atoms with Gasteiger partial charge in [-0.15, -0.1) is 11.3 Å². The first-order valence-electron chi connectivity index (χ1n) is 4.99. The van der Waals surface area contributed by atoms with Crippen molar-refractivity contribution in [1.29, 1.82) is 0 Å². The van der Waals surface area contributed by atoms with Gasteiger partial charge >= 0.3 is 0 Å². The zero-order chi connectivity index (χ0) is 11.4. The van der Waals surface area contributed by atoms with Gasteiger partial charge in [-0.2, -0.15) is 0 Å². The summed E-state index contributed by atoms with van der Waals surface area (Å²) in [6.07, 6.45) is 5.32. The summed E-state index contributed by atoms with van der Waals surface area (Å²) >= 11 is 7.31. The molecule has 0 saturated carbocycles. The molecule has 0 fully saturated rings. The quantitative estimate of drug-likeness (QED) is 0.910. The van der Waals surface area contributed by atoms with E-state index in [0.717, 1.165) is 15.9 Å². The van der Waals surface area contributed by atoms with Gasteiger partial charge in [0.25, 0.3) is 0 Å². The van der Waals surface area contributed by atoms with E-state index in [1.165, 1.54) is 16.9 Å². The summed E-state index contributed by atoms with van der Waals surface area (Å²) < 4.78 is 0.728. The zero-order valence-corrected chi connectivity index (χ0v) is 10.4. The van der Waals surface area contributed by atoms with Crippen LogP contribution in [0.3, 0.4) is 0 Å². The Morgan fingerprint density at radius 2 is 2.38 bits per heavy atom. The minimum atomic E-state index is 0.261. The smallest absolute Gasteiger partial charge is 0.113 e. The second kappa shape index (κ2) is 5.39. The maximum Gasteiger partial charge on any atom is 0.113 e. The third-order valence-electron chi connectivity index (χ3n) is 2.27. The normalized spacial score (nSPS) is 12.6. The van der Waals surface area contributed by atoms with Crippen molar-refractivity contribution in [2.24, 2.45) is 0 Å². The lowest BCUT2D eigenvalue weighted by molar-refractivity contribution is 0.571. The van der Waals surface area contributed by atoms with E-state index in [1.54, 1.807) is 12.4 Å². The predicted molar refractivity (Wildman–Crippen MR) is 66.6 cm³/mol. The van der Waals surface area contributed by atoms with Crippen LogP contribution in [-0.2, 0) is 6.54 Å². The monoisotopic (exact) mass is 253 g/mol. The number of halogens is 1. The van der Waals surface area contributed by atoms with Gasteiger partial charge < -0.3 is 5.32 Å². The number of thiazole rings is 1. The predicted octanol–water partition coefficient (Wildman–Crippen LogP) is 3.04. The minimum Gasteiger partial charge on any atom is -0.304 e. The van der Waals surface area contributed by atoms with E-state index in [-0.39, 0.29) is 6.04 Å². The molecule has 16 heavy (non-hydrogen) atoms. The van der Waals surface area contributed by atoms with Gasteiger partial charge in [0.05, 0.1) is 6.20 Å².